The van der Waals surface area contributed by atoms with E-state index < -0.39 is 0 Å². The maximum absolute atomic E-state index is 5.51. The summed E-state index contributed by atoms with van der Waals surface area (Å²) in [6, 6.07) is 4.54. The molecule has 0 radical (unpaired) electrons. The van der Waals surface area contributed by atoms with Crippen LogP contribution in [-0.2, 0) is 6.54 Å². The molecular formula is C12H16N2OS. The van der Waals surface area contributed by atoms with Crippen LogP contribution in [0.1, 0.15) is 35.2 Å². The second-order valence-electron chi connectivity index (χ2n) is 3.87. The lowest BCUT2D eigenvalue weighted by Gasteiger charge is -2.09. The van der Waals surface area contributed by atoms with Crippen LogP contribution in [0.15, 0.2) is 21.9 Å². The highest BCUT2D eigenvalue weighted by atomic mass is 32.1. The number of nitrogens with zero attached hydrogens (tertiary/aromatic N) is 1. The van der Waals surface area contributed by atoms with Gasteiger partial charge in [-0.25, -0.2) is 4.98 Å². The molecule has 0 unspecified atom stereocenters. The van der Waals surface area contributed by atoms with Crippen molar-refractivity contribution in [2.45, 2.75) is 33.4 Å². The molecule has 16 heavy (non-hydrogen) atoms. The predicted molar refractivity (Wildman–Crippen MR) is 65.6 cm³/mol. The number of aryl methyl sites for hydroxylation is 2. The number of hydrogen-bond acceptors (Lipinski definition) is 4. The van der Waals surface area contributed by atoms with E-state index in [0.29, 0.717) is 12.6 Å². The van der Waals surface area contributed by atoms with Crippen molar-refractivity contribution in [3.8, 4) is 0 Å². The van der Waals surface area contributed by atoms with Crippen molar-refractivity contribution in [3.63, 3.8) is 0 Å². The van der Waals surface area contributed by atoms with Crippen molar-refractivity contribution in [2.75, 3.05) is 0 Å². The number of oxazole rings is 1. The monoisotopic (exact) mass is 236 g/mol. The fourth-order valence-corrected chi connectivity index (χ4v) is 2.25. The standard InChI is InChI=1S/C12H16N2OS/c1-8-10(3)15-12(14-8)7-13-9(2)11-5-4-6-16-11/h4-6,9,13H,7H2,1-3H3/t9-/m1/s1. The highest BCUT2D eigenvalue weighted by Crippen LogP contribution is 2.18. The number of thiophene rings is 1. The van der Waals surface area contributed by atoms with Crippen LogP contribution in [0.3, 0.4) is 0 Å². The molecule has 0 aromatic carbocycles. The van der Waals surface area contributed by atoms with E-state index in [1.807, 2.05) is 13.8 Å². The molecule has 0 bridgehead atoms. The minimum absolute atomic E-state index is 0.340. The first-order chi connectivity index (χ1) is 7.66. The van der Waals surface area contributed by atoms with Crippen LogP contribution in [0, 0.1) is 13.8 Å². The van der Waals surface area contributed by atoms with Crippen LogP contribution < -0.4 is 5.32 Å². The van der Waals surface area contributed by atoms with Gasteiger partial charge in [0, 0.05) is 10.9 Å². The summed E-state index contributed by atoms with van der Waals surface area (Å²) < 4.78 is 5.51. The van der Waals surface area contributed by atoms with Gasteiger partial charge in [0.25, 0.3) is 0 Å². The van der Waals surface area contributed by atoms with Gasteiger partial charge in [-0.1, -0.05) is 6.07 Å². The van der Waals surface area contributed by atoms with Crippen LogP contribution in [0.4, 0.5) is 0 Å². The zero-order valence-electron chi connectivity index (χ0n) is 9.78. The molecule has 2 rings (SSSR count). The van der Waals surface area contributed by atoms with Gasteiger partial charge < -0.3 is 9.73 Å². The molecule has 0 spiro atoms. The van der Waals surface area contributed by atoms with Gasteiger partial charge in [0.2, 0.25) is 5.89 Å². The van der Waals surface area contributed by atoms with E-state index in [9.17, 15) is 0 Å². The third-order valence-electron chi connectivity index (χ3n) is 2.60. The van der Waals surface area contributed by atoms with Crippen LogP contribution in [0.2, 0.25) is 0 Å². The van der Waals surface area contributed by atoms with E-state index in [4.69, 9.17) is 4.42 Å². The molecule has 0 amide bonds. The molecule has 0 aliphatic carbocycles. The van der Waals surface area contributed by atoms with E-state index in [1.165, 1.54) is 4.88 Å². The molecule has 0 aliphatic heterocycles. The molecule has 0 saturated heterocycles. The van der Waals surface area contributed by atoms with E-state index in [-0.39, 0.29) is 0 Å². The Balaban J connectivity index is 1.92. The Morgan fingerprint density at radius 3 is 2.88 bits per heavy atom. The zero-order chi connectivity index (χ0) is 11.5. The zero-order valence-corrected chi connectivity index (χ0v) is 10.6. The van der Waals surface area contributed by atoms with E-state index >= 15 is 0 Å². The minimum atomic E-state index is 0.340. The predicted octanol–water partition coefficient (Wildman–Crippen LogP) is 3.20. The van der Waals surface area contributed by atoms with E-state index in [1.54, 1.807) is 11.3 Å². The minimum Gasteiger partial charge on any atom is -0.444 e. The summed E-state index contributed by atoms with van der Waals surface area (Å²) in [5.41, 5.74) is 0.973. The van der Waals surface area contributed by atoms with Gasteiger partial charge in [-0.15, -0.1) is 11.3 Å². The summed E-state index contributed by atoms with van der Waals surface area (Å²) in [6.45, 7) is 6.72. The van der Waals surface area contributed by atoms with Crippen molar-refractivity contribution < 1.29 is 4.42 Å². The molecule has 1 N–H and O–H groups in total. The molecule has 0 saturated carbocycles. The maximum atomic E-state index is 5.51. The Labute approximate surface area is 99.5 Å². The Morgan fingerprint density at radius 1 is 1.50 bits per heavy atom. The topological polar surface area (TPSA) is 38.1 Å². The summed E-state index contributed by atoms with van der Waals surface area (Å²) in [6.07, 6.45) is 0. The Kier molecular flexibility index (Phi) is 3.41. The quantitative estimate of drug-likeness (QED) is 0.885. The third kappa shape index (κ3) is 2.51. The van der Waals surface area contributed by atoms with Crippen molar-refractivity contribution in [2.24, 2.45) is 0 Å². The highest BCUT2D eigenvalue weighted by Gasteiger charge is 2.09. The average molecular weight is 236 g/mol. The lowest BCUT2D eigenvalue weighted by molar-refractivity contribution is 0.433. The SMILES string of the molecule is Cc1nc(CN[C@H](C)c2cccs2)oc1C. The number of nitrogens with one attached hydrogen (secondary N) is 1. The van der Waals surface area contributed by atoms with E-state index in [2.05, 4.69) is 34.7 Å². The lowest BCUT2D eigenvalue weighted by atomic mass is 10.3. The first-order valence-electron chi connectivity index (χ1n) is 5.36. The van der Waals surface area contributed by atoms with Crippen LogP contribution >= 0.6 is 11.3 Å². The van der Waals surface area contributed by atoms with Crippen LogP contribution in [0.25, 0.3) is 0 Å². The lowest BCUT2D eigenvalue weighted by Crippen LogP contribution is -2.17. The number of rotatable bonds is 4. The molecule has 0 aliphatic rings. The third-order valence-corrected chi connectivity index (χ3v) is 3.66. The molecule has 4 heteroatoms. The van der Waals surface area contributed by atoms with Gasteiger partial charge in [0.1, 0.15) is 5.76 Å². The van der Waals surface area contributed by atoms with Gasteiger partial charge in [-0.05, 0) is 32.2 Å². The molecule has 2 aromatic heterocycles. The molecule has 2 aromatic rings. The van der Waals surface area contributed by atoms with Crippen LogP contribution in [-0.4, -0.2) is 4.98 Å². The summed E-state index contributed by atoms with van der Waals surface area (Å²) >= 11 is 1.76. The fourth-order valence-electron chi connectivity index (χ4n) is 1.49. The van der Waals surface area contributed by atoms with Crippen LogP contribution in [0.5, 0.6) is 0 Å². The van der Waals surface area contributed by atoms with Crippen molar-refractivity contribution >= 4 is 11.3 Å². The first kappa shape index (κ1) is 11.4. The molecule has 0 fully saturated rings. The molecular weight excluding hydrogens is 220 g/mol. The summed E-state index contributed by atoms with van der Waals surface area (Å²) in [7, 11) is 0. The molecule has 3 nitrogen and oxygen atoms in total. The summed E-state index contributed by atoms with van der Waals surface area (Å²) in [5.74, 6) is 1.67. The highest BCUT2D eigenvalue weighted by molar-refractivity contribution is 7.10. The van der Waals surface area contributed by atoms with Crippen molar-refractivity contribution in [1.29, 1.82) is 0 Å². The largest absolute Gasteiger partial charge is 0.444 e. The second kappa shape index (κ2) is 4.80. The van der Waals surface area contributed by atoms with Gasteiger partial charge in [-0.2, -0.15) is 0 Å². The van der Waals surface area contributed by atoms with Gasteiger partial charge in [-0.3, -0.25) is 0 Å². The molecule has 2 heterocycles. The normalized spacial score (nSPS) is 12.9. The van der Waals surface area contributed by atoms with Crippen molar-refractivity contribution in [3.05, 3.63) is 39.7 Å². The smallest absolute Gasteiger partial charge is 0.208 e. The second-order valence-corrected chi connectivity index (χ2v) is 4.85. The summed E-state index contributed by atoms with van der Waals surface area (Å²) in [4.78, 5) is 5.67. The number of aromatic nitrogens is 1. The Hall–Kier alpha value is -1.13. The average Bonchev–Trinajstić information content (AvgIpc) is 2.86. The fraction of sp³-hybridized carbons (Fsp3) is 0.417. The van der Waals surface area contributed by atoms with Gasteiger partial charge >= 0.3 is 0 Å². The van der Waals surface area contributed by atoms with E-state index in [0.717, 1.165) is 17.3 Å². The Bertz CT molecular complexity index is 428. The number of hydrogen-bond donors (Lipinski definition) is 1. The summed E-state index contributed by atoms with van der Waals surface area (Å²) in [5, 5.41) is 5.49. The maximum Gasteiger partial charge on any atom is 0.208 e. The van der Waals surface area contributed by atoms with Gasteiger partial charge in [0.05, 0.1) is 12.2 Å². The van der Waals surface area contributed by atoms with Crippen molar-refractivity contribution in [1.82, 2.24) is 10.3 Å². The first-order valence-corrected chi connectivity index (χ1v) is 6.24. The molecule has 86 valence electrons. The Morgan fingerprint density at radius 2 is 2.31 bits per heavy atom. The molecule has 1 atom stereocenters. The van der Waals surface area contributed by atoms with Gasteiger partial charge in [0.15, 0.2) is 0 Å².